The van der Waals surface area contributed by atoms with E-state index in [-0.39, 0.29) is 0 Å². The minimum absolute atomic E-state index is 0.368. The van der Waals surface area contributed by atoms with E-state index in [1.807, 2.05) is 18.4 Å². The van der Waals surface area contributed by atoms with E-state index >= 15 is 0 Å². The number of thiophene rings is 1. The van der Waals surface area contributed by atoms with E-state index < -0.39 is 0 Å². The summed E-state index contributed by atoms with van der Waals surface area (Å²) < 4.78 is 0. The summed E-state index contributed by atoms with van der Waals surface area (Å²) in [6, 6.07) is 2.34. The number of hydrogen-bond acceptors (Lipinski definition) is 3. The standard InChI is InChI=1S/C14H26N2S/c1-11-12(7-13(17-11)8-15-5)9-16(6)10-14(2,3)4/h7,15H,8-10H2,1-6H3. The topological polar surface area (TPSA) is 15.3 Å². The highest BCUT2D eigenvalue weighted by Crippen LogP contribution is 2.24. The Hall–Kier alpha value is -0.380. The van der Waals surface area contributed by atoms with E-state index in [1.54, 1.807) is 0 Å². The fourth-order valence-electron chi connectivity index (χ4n) is 2.16. The van der Waals surface area contributed by atoms with Gasteiger partial charge in [-0.05, 0) is 38.1 Å². The Morgan fingerprint density at radius 3 is 2.53 bits per heavy atom. The third-order valence-corrected chi connectivity index (χ3v) is 3.70. The van der Waals surface area contributed by atoms with Gasteiger partial charge in [-0.15, -0.1) is 11.3 Å². The fourth-order valence-corrected chi connectivity index (χ4v) is 3.23. The molecule has 0 atom stereocenters. The lowest BCUT2D eigenvalue weighted by Gasteiger charge is -2.26. The second-order valence-corrected chi connectivity index (χ2v) is 7.40. The van der Waals surface area contributed by atoms with Crippen LogP contribution in [0.25, 0.3) is 0 Å². The van der Waals surface area contributed by atoms with Gasteiger partial charge in [0.1, 0.15) is 0 Å². The van der Waals surface area contributed by atoms with Gasteiger partial charge in [-0.25, -0.2) is 0 Å². The van der Waals surface area contributed by atoms with Crippen LogP contribution in [0.2, 0.25) is 0 Å². The number of aryl methyl sites for hydroxylation is 1. The number of nitrogens with zero attached hydrogens (tertiary/aromatic N) is 1. The van der Waals surface area contributed by atoms with Crippen LogP contribution in [0.15, 0.2) is 6.07 Å². The van der Waals surface area contributed by atoms with Gasteiger partial charge >= 0.3 is 0 Å². The van der Waals surface area contributed by atoms with E-state index in [9.17, 15) is 0 Å². The lowest BCUT2D eigenvalue weighted by atomic mass is 9.96. The summed E-state index contributed by atoms with van der Waals surface area (Å²) >= 11 is 1.91. The molecule has 1 rings (SSSR count). The van der Waals surface area contributed by atoms with Crippen LogP contribution in [0.1, 0.15) is 36.1 Å². The highest BCUT2D eigenvalue weighted by Gasteiger charge is 2.15. The maximum Gasteiger partial charge on any atom is 0.0296 e. The molecule has 0 aromatic carbocycles. The van der Waals surface area contributed by atoms with Gasteiger partial charge in [-0.2, -0.15) is 0 Å². The zero-order valence-electron chi connectivity index (χ0n) is 12.1. The number of nitrogens with one attached hydrogen (secondary N) is 1. The molecule has 0 aliphatic heterocycles. The second kappa shape index (κ2) is 5.98. The first-order valence-corrected chi connectivity index (χ1v) is 7.05. The maximum absolute atomic E-state index is 3.21. The quantitative estimate of drug-likeness (QED) is 0.867. The molecule has 0 unspecified atom stereocenters. The SMILES string of the molecule is CNCc1cc(CN(C)CC(C)(C)C)c(C)s1. The van der Waals surface area contributed by atoms with Crippen LogP contribution in [0.3, 0.4) is 0 Å². The average molecular weight is 254 g/mol. The van der Waals surface area contributed by atoms with Crippen molar-refractivity contribution in [3.05, 3.63) is 21.4 Å². The predicted molar refractivity (Wildman–Crippen MR) is 77.6 cm³/mol. The first kappa shape index (κ1) is 14.7. The fraction of sp³-hybridized carbons (Fsp3) is 0.714. The van der Waals surface area contributed by atoms with Crippen LogP contribution in [-0.2, 0) is 13.1 Å². The highest BCUT2D eigenvalue weighted by molar-refractivity contribution is 7.12. The average Bonchev–Trinajstić information content (AvgIpc) is 2.44. The molecule has 0 amide bonds. The Morgan fingerprint density at radius 2 is 2.00 bits per heavy atom. The van der Waals surface area contributed by atoms with Crippen molar-refractivity contribution in [1.29, 1.82) is 0 Å². The third kappa shape index (κ3) is 5.19. The van der Waals surface area contributed by atoms with Crippen molar-refractivity contribution in [2.75, 3.05) is 20.6 Å². The largest absolute Gasteiger partial charge is 0.315 e. The molecule has 0 saturated heterocycles. The van der Waals surface area contributed by atoms with Gasteiger partial charge in [0.2, 0.25) is 0 Å². The van der Waals surface area contributed by atoms with Crippen molar-refractivity contribution >= 4 is 11.3 Å². The van der Waals surface area contributed by atoms with E-state index in [1.165, 1.54) is 15.3 Å². The summed E-state index contributed by atoms with van der Waals surface area (Å²) in [5.41, 5.74) is 1.85. The molecular formula is C14H26N2S. The Morgan fingerprint density at radius 1 is 1.35 bits per heavy atom. The van der Waals surface area contributed by atoms with Gasteiger partial charge < -0.3 is 10.2 Å². The lowest BCUT2D eigenvalue weighted by molar-refractivity contribution is 0.220. The summed E-state index contributed by atoms with van der Waals surface area (Å²) in [6.07, 6.45) is 0. The van der Waals surface area contributed by atoms with Crippen LogP contribution in [0.4, 0.5) is 0 Å². The monoisotopic (exact) mass is 254 g/mol. The normalized spacial score (nSPS) is 12.4. The van der Waals surface area contributed by atoms with Gasteiger partial charge in [0.25, 0.3) is 0 Å². The summed E-state index contributed by atoms with van der Waals surface area (Å²) in [4.78, 5) is 5.30. The summed E-state index contributed by atoms with van der Waals surface area (Å²) in [7, 11) is 4.21. The molecule has 0 saturated carbocycles. The van der Waals surface area contributed by atoms with Gasteiger partial charge in [-0.1, -0.05) is 20.8 Å². The molecule has 0 fully saturated rings. The molecule has 1 aromatic rings. The van der Waals surface area contributed by atoms with Crippen molar-refractivity contribution in [2.24, 2.45) is 5.41 Å². The number of rotatable bonds is 5. The molecule has 0 radical (unpaired) electrons. The summed E-state index contributed by atoms with van der Waals surface area (Å²) in [5.74, 6) is 0. The molecule has 2 nitrogen and oxygen atoms in total. The van der Waals surface area contributed by atoms with Crippen LogP contribution in [0.5, 0.6) is 0 Å². The zero-order chi connectivity index (χ0) is 13.1. The molecule has 0 spiro atoms. The van der Waals surface area contributed by atoms with Gasteiger partial charge in [0.15, 0.2) is 0 Å². The molecule has 0 bridgehead atoms. The Kier molecular flexibility index (Phi) is 5.17. The Bertz CT molecular complexity index is 350. The molecule has 0 aliphatic carbocycles. The van der Waals surface area contributed by atoms with Crippen molar-refractivity contribution in [3.63, 3.8) is 0 Å². The summed E-state index contributed by atoms with van der Waals surface area (Å²) in [5, 5.41) is 3.21. The molecule has 98 valence electrons. The second-order valence-electron chi connectivity index (χ2n) is 6.06. The summed E-state index contributed by atoms with van der Waals surface area (Å²) in [6.45, 7) is 12.3. The lowest BCUT2D eigenvalue weighted by Crippen LogP contribution is -2.28. The maximum atomic E-state index is 3.21. The molecule has 1 aromatic heterocycles. The van der Waals surface area contributed by atoms with Crippen LogP contribution in [0, 0.1) is 12.3 Å². The van der Waals surface area contributed by atoms with E-state index in [4.69, 9.17) is 0 Å². The van der Waals surface area contributed by atoms with Crippen molar-refractivity contribution in [3.8, 4) is 0 Å². The Balaban J connectivity index is 2.61. The van der Waals surface area contributed by atoms with Gasteiger partial charge in [0, 0.05) is 29.4 Å². The van der Waals surface area contributed by atoms with E-state index in [2.05, 4.69) is 51.0 Å². The van der Waals surface area contributed by atoms with E-state index in [0.717, 1.165) is 19.6 Å². The van der Waals surface area contributed by atoms with Crippen LogP contribution < -0.4 is 5.32 Å². The minimum Gasteiger partial charge on any atom is -0.315 e. The van der Waals surface area contributed by atoms with Crippen molar-refractivity contribution in [1.82, 2.24) is 10.2 Å². The molecule has 17 heavy (non-hydrogen) atoms. The van der Waals surface area contributed by atoms with Crippen molar-refractivity contribution < 1.29 is 0 Å². The minimum atomic E-state index is 0.368. The molecule has 3 heteroatoms. The van der Waals surface area contributed by atoms with Gasteiger partial charge in [0.05, 0.1) is 0 Å². The molecule has 0 aliphatic rings. The molecular weight excluding hydrogens is 228 g/mol. The molecule has 1 heterocycles. The molecule has 1 N–H and O–H groups in total. The zero-order valence-corrected chi connectivity index (χ0v) is 12.9. The number of hydrogen-bond donors (Lipinski definition) is 1. The predicted octanol–water partition coefficient (Wildman–Crippen LogP) is 3.25. The first-order valence-electron chi connectivity index (χ1n) is 6.23. The van der Waals surface area contributed by atoms with Crippen molar-refractivity contribution in [2.45, 2.75) is 40.8 Å². The van der Waals surface area contributed by atoms with E-state index in [0.29, 0.717) is 5.41 Å². The Labute approximate surface area is 110 Å². The first-order chi connectivity index (χ1) is 7.81. The third-order valence-electron chi connectivity index (χ3n) is 2.61. The van der Waals surface area contributed by atoms with Crippen LogP contribution >= 0.6 is 11.3 Å². The van der Waals surface area contributed by atoms with Crippen LogP contribution in [-0.4, -0.2) is 25.5 Å². The highest BCUT2D eigenvalue weighted by atomic mass is 32.1. The van der Waals surface area contributed by atoms with Gasteiger partial charge in [-0.3, -0.25) is 0 Å². The smallest absolute Gasteiger partial charge is 0.0296 e.